The summed E-state index contributed by atoms with van der Waals surface area (Å²) in [6.45, 7) is 6.66. The third kappa shape index (κ3) is 21.7. The van der Waals surface area contributed by atoms with Crippen LogP contribution in [0, 0.1) is 0 Å². The van der Waals surface area contributed by atoms with Crippen LogP contribution in [0.1, 0.15) is 57.4 Å². The monoisotopic (exact) mass is 558 g/mol. The summed E-state index contributed by atoms with van der Waals surface area (Å²) in [5.74, 6) is 0.146. The summed E-state index contributed by atoms with van der Waals surface area (Å²) >= 11 is 0. The number of ether oxygens (including phenoxy) is 7. The Morgan fingerprint density at radius 3 is 1.69 bits per heavy atom. The van der Waals surface area contributed by atoms with E-state index in [0.29, 0.717) is 71.8 Å². The van der Waals surface area contributed by atoms with Gasteiger partial charge in [0.05, 0.1) is 79.3 Å². The van der Waals surface area contributed by atoms with Crippen molar-refractivity contribution in [3.05, 3.63) is 23.8 Å². The molecule has 0 radical (unpaired) electrons. The molecule has 0 saturated heterocycles. The summed E-state index contributed by atoms with van der Waals surface area (Å²) in [4.78, 5) is 12.1. The Morgan fingerprint density at radius 2 is 1.15 bits per heavy atom. The van der Waals surface area contributed by atoms with E-state index in [-0.39, 0.29) is 25.6 Å². The van der Waals surface area contributed by atoms with Crippen LogP contribution in [0.2, 0.25) is 0 Å². The Balaban J connectivity index is 1.95. The summed E-state index contributed by atoms with van der Waals surface area (Å²) < 4.78 is 37.3. The molecule has 0 amide bonds. The van der Waals surface area contributed by atoms with Gasteiger partial charge < -0.3 is 43.4 Å². The maximum atomic E-state index is 12.1. The number of aliphatic hydroxyl groups is 1. The topological polar surface area (TPSA) is 122 Å². The molecular weight excluding hydrogens is 508 g/mol. The lowest BCUT2D eigenvalue weighted by atomic mass is 10.0. The minimum Gasteiger partial charge on any atom is -0.508 e. The Hall–Kier alpha value is -1.79. The zero-order valence-electron chi connectivity index (χ0n) is 23.7. The SMILES string of the molecule is CCCCCCCCCc1cc(OC(=O)COCCOCCOCCOCCOCCOCCO)ccc1O. The maximum absolute atomic E-state index is 12.1. The van der Waals surface area contributed by atoms with Gasteiger partial charge >= 0.3 is 5.97 Å². The Bertz CT molecular complexity index is 701. The van der Waals surface area contributed by atoms with Crippen LogP contribution < -0.4 is 4.74 Å². The maximum Gasteiger partial charge on any atom is 0.337 e. The van der Waals surface area contributed by atoms with Gasteiger partial charge in [-0.1, -0.05) is 45.4 Å². The van der Waals surface area contributed by atoms with E-state index >= 15 is 0 Å². The number of aromatic hydroxyl groups is 1. The lowest BCUT2D eigenvalue weighted by Crippen LogP contribution is -2.18. The van der Waals surface area contributed by atoms with E-state index in [9.17, 15) is 9.90 Å². The molecule has 0 atom stereocenters. The lowest BCUT2D eigenvalue weighted by Gasteiger charge is -2.10. The number of carbonyl (C=O) groups excluding carboxylic acids is 1. The molecule has 2 N–H and O–H groups in total. The second kappa shape index (κ2) is 26.4. The summed E-state index contributed by atoms with van der Waals surface area (Å²) in [5.41, 5.74) is 0.794. The van der Waals surface area contributed by atoms with E-state index in [1.807, 2.05) is 0 Å². The highest BCUT2D eigenvalue weighted by Gasteiger charge is 2.09. The van der Waals surface area contributed by atoms with Crippen LogP contribution in [0.15, 0.2) is 18.2 Å². The molecule has 10 heteroatoms. The molecule has 226 valence electrons. The van der Waals surface area contributed by atoms with Crippen molar-refractivity contribution in [3.8, 4) is 11.5 Å². The van der Waals surface area contributed by atoms with Crippen molar-refractivity contribution >= 4 is 5.97 Å². The lowest BCUT2D eigenvalue weighted by molar-refractivity contribution is -0.140. The second-order valence-electron chi connectivity index (χ2n) is 8.97. The van der Waals surface area contributed by atoms with E-state index in [2.05, 4.69) is 6.92 Å². The fraction of sp³-hybridized carbons (Fsp3) is 0.759. The van der Waals surface area contributed by atoms with Crippen molar-refractivity contribution in [2.75, 3.05) is 85.9 Å². The van der Waals surface area contributed by atoms with E-state index in [0.717, 1.165) is 24.8 Å². The summed E-state index contributed by atoms with van der Waals surface area (Å²) in [6.07, 6.45) is 9.18. The molecule has 0 fully saturated rings. The third-order valence-corrected chi connectivity index (χ3v) is 5.65. The van der Waals surface area contributed by atoms with Gasteiger partial charge in [-0.2, -0.15) is 0 Å². The minimum absolute atomic E-state index is 0.0154. The molecule has 0 bridgehead atoms. The number of hydrogen-bond acceptors (Lipinski definition) is 10. The Kier molecular flexibility index (Phi) is 23.9. The first-order chi connectivity index (χ1) is 19.2. The molecular formula is C29H50O10. The Morgan fingerprint density at radius 1 is 0.667 bits per heavy atom. The Labute approximate surface area is 233 Å². The highest BCUT2D eigenvalue weighted by molar-refractivity contribution is 5.73. The first-order valence-electron chi connectivity index (χ1n) is 14.3. The van der Waals surface area contributed by atoms with Crippen molar-refractivity contribution in [2.45, 2.75) is 58.3 Å². The average molecular weight is 559 g/mol. The molecule has 1 aromatic rings. The van der Waals surface area contributed by atoms with E-state index in [4.69, 9.17) is 38.3 Å². The zero-order valence-corrected chi connectivity index (χ0v) is 23.7. The number of hydrogen-bond donors (Lipinski definition) is 2. The molecule has 39 heavy (non-hydrogen) atoms. The van der Waals surface area contributed by atoms with E-state index in [1.165, 1.54) is 32.1 Å². The van der Waals surface area contributed by atoms with Gasteiger partial charge in [0, 0.05) is 0 Å². The molecule has 0 aromatic heterocycles. The van der Waals surface area contributed by atoms with Gasteiger partial charge in [0.15, 0.2) is 0 Å². The summed E-state index contributed by atoms with van der Waals surface area (Å²) in [5, 5.41) is 18.7. The number of aryl methyl sites for hydroxylation is 1. The normalized spacial score (nSPS) is 11.2. The molecule has 0 saturated carbocycles. The minimum atomic E-state index is -0.494. The van der Waals surface area contributed by atoms with Gasteiger partial charge in [0.2, 0.25) is 0 Å². The predicted molar refractivity (Wildman–Crippen MR) is 147 cm³/mol. The molecule has 0 aliphatic carbocycles. The third-order valence-electron chi connectivity index (χ3n) is 5.65. The van der Waals surface area contributed by atoms with Gasteiger partial charge in [0.1, 0.15) is 18.1 Å². The average Bonchev–Trinajstić information content (AvgIpc) is 2.93. The number of rotatable bonds is 28. The number of unbranched alkanes of at least 4 members (excludes halogenated alkanes) is 6. The van der Waals surface area contributed by atoms with Gasteiger partial charge in [-0.3, -0.25) is 0 Å². The number of benzene rings is 1. The van der Waals surface area contributed by atoms with Gasteiger partial charge in [-0.15, -0.1) is 0 Å². The molecule has 0 aliphatic rings. The van der Waals surface area contributed by atoms with E-state index in [1.54, 1.807) is 18.2 Å². The fourth-order valence-electron chi connectivity index (χ4n) is 3.58. The number of aliphatic hydroxyl groups excluding tert-OH is 1. The van der Waals surface area contributed by atoms with Crippen LogP contribution in [0.25, 0.3) is 0 Å². The summed E-state index contributed by atoms with van der Waals surface area (Å²) in [6, 6.07) is 4.88. The smallest absolute Gasteiger partial charge is 0.337 e. The predicted octanol–water partition coefficient (Wildman–Crippen LogP) is 3.68. The molecule has 0 aliphatic heterocycles. The first kappa shape index (κ1) is 35.2. The van der Waals surface area contributed by atoms with Crippen LogP contribution in [-0.2, 0) is 39.6 Å². The number of phenols is 1. The van der Waals surface area contributed by atoms with Gasteiger partial charge in [-0.25, -0.2) is 4.79 Å². The molecule has 1 rings (SSSR count). The van der Waals surface area contributed by atoms with Crippen molar-refractivity contribution < 1.29 is 48.2 Å². The van der Waals surface area contributed by atoms with Crippen molar-refractivity contribution in [1.82, 2.24) is 0 Å². The van der Waals surface area contributed by atoms with Gasteiger partial charge in [0.25, 0.3) is 0 Å². The highest BCUT2D eigenvalue weighted by atomic mass is 16.6. The van der Waals surface area contributed by atoms with Crippen LogP contribution in [0.5, 0.6) is 11.5 Å². The molecule has 0 spiro atoms. The zero-order chi connectivity index (χ0) is 28.2. The molecule has 0 heterocycles. The highest BCUT2D eigenvalue weighted by Crippen LogP contribution is 2.25. The quantitative estimate of drug-likeness (QED) is 0.0895. The van der Waals surface area contributed by atoms with Crippen LogP contribution in [0.4, 0.5) is 0 Å². The van der Waals surface area contributed by atoms with E-state index < -0.39 is 5.97 Å². The van der Waals surface area contributed by atoms with Crippen LogP contribution in [-0.4, -0.2) is 102 Å². The largest absolute Gasteiger partial charge is 0.508 e. The number of phenolic OH excluding ortho intramolecular Hbond substituents is 1. The van der Waals surface area contributed by atoms with Crippen molar-refractivity contribution in [2.24, 2.45) is 0 Å². The van der Waals surface area contributed by atoms with Crippen molar-refractivity contribution in [1.29, 1.82) is 0 Å². The summed E-state index contributed by atoms with van der Waals surface area (Å²) in [7, 11) is 0. The van der Waals surface area contributed by atoms with Gasteiger partial charge in [-0.05, 0) is 36.6 Å². The number of carbonyl (C=O) groups is 1. The standard InChI is InChI=1S/C29H50O10/c1-2-3-4-5-6-7-8-9-26-24-27(10-11-28(26)31)39-29(32)25-38-23-22-37-21-20-36-19-18-35-17-16-34-15-14-33-13-12-30/h10-11,24,30-31H,2-9,12-23,25H2,1H3. The molecule has 1 aromatic carbocycles. The van der Waals surface area contributed by atoms with Crippen LogP contribution in [0.3, 0.4) is 0 Å². The second-order valence-corrected chi connectivity index (χ2v) is 8.97. The molecule has 10 nitrogen and oxygen atoms in total. The van der Waals surface area contributed by atoms with Crippen LogP contribution >= 0.6 is 0 Å². The number of esters is 1. The fourth-order valence-corrected chi connectivity index (χ4v) is 3.58. The molecule has 0 unspecified atom stereocenters. The first-order valence-corrected chi connectivity index (χ1v) is 14.3. The van der Waals surface area contributed by atoms with Crippen molar-refractivity contribution in [3.63, 3.8) is 0 Å².